The number of para-hydroxylation sites is 1. The van der Waals surface area contributed by atoms with Crippen molar-refractivity contribution in [3.63, 3.8) is 0 Å². The van der Waals surface area contributed by atoms with Crippen molar-refractivity contribution in [1.29, 1.82) is 0 Å². The molecule has 0 aliphatic carbocycles. The summed E-state index contributed by atoms with van der Waals surface area (Å²) in [5, 5.41) is 15.7. The molecule has 28 heavy (non-hydrogen) atoms. The fourth-order valence-electron chi connectivity index (χ4n) is 2.73. The van der Waals surface area contributed by atoms with Gasteiger partial charge in [0, 0.05) is 23.2 Å². The van der Waals surface area contributed by atoms with Crippen molar-refractivity contribution in [3.8, 4) is 0 Å². The van der Waals surface area contributed by atoms with Crippen LogP contribution in [-0.4, -0.2) is 21.1 Å². The van der Waals surface area contributed by atoms with Crippen molar-refractivity contribution in [2.24, 2.45) is 0 Å². The van der Waals surface area contributed by atoms with Gasteiger partial charge in [0.1, 0.15) is 5.82 Å². The molecule has 0 saturated carbocycles. The van der Waals surface area contributed by atoms with E-state index in [1.165, 1.54) is 0 Å². The lowest BCUT2D eigenvalue weighted by molar-refractivity contribution is 0.102. The predicted molar refractivity (Wildman–Crippen MR) is 111 cm³/mol. The van der Waals surface area contributed by atoms with Crippen LogP contribution in [0.5, 0.6) is 0 Å². The van der Waals surface area contributed by atoms with Gasteiger partial charge >= 0.3 is 0 Å². The quantitative estimate of drug-likeness (QED) is 0.523. The molecule has 0 bridgehead atoms. The number of amides is 1. The third-order valence-corrected chi connectivity index (χ3v) is 4.42. The van der Waals surface area contributed by atoms with Crippen LogP contribution in [0.2, 0.25) is 5.02 Å². The maximum absolute atomic E-state index is 12.5. The van der Waals surface area contributed by atoms with Crippen LogP contribution in [-0.2, 0) is 6.54 Å². The lowest BCUT2D eigenvalue weighted by Crippen LogP contribution is -2.15. The fourth-order valence-corrected chi connectivity index (χ4v) is 2.86. The molecule has 1 amide bonds. The summed E-state index contributed by atoms with van der Waals surface area (Å²) in [6.45, 7) is 0.582. The third-order valence-electron chi connectivity index (χ3n) is 4.16. The zero-order valence-corrected chi connectivity index (χ0v) is 15.5. The van der Waals surface area contributed by atoms with Crippen LogP contribution in [0.15, 0.2) is 72.9 Å². The highest BCUT2D eigenvalue weighted by Gasteiger charge is 2.11. The van der Waals surface area contributed by atoms with Gasteiger partial charge in [-0.3, -0.25) is 9.78 Å². The van der Waals surface area contributed by atoms with Gasteiger partial charge in [-0.2, -0.15) is 0 Å². The van der Waals surface area contributed by atoms with E-state index in [0.717, 1.165) is 16.5 Å². The summed E-state index contributed by atoms with van der Waals surface area (Å²) >= 11 is 5.88. The number of benzene rings is 2. The average Bonchev–Trinajstić information content (AvgIpc) is 2.74. The molecule has 0 unspecified atom stereocenters. The lowest BCUT2D eigenvalue weighted by atomic mass is 10.2. The summed E-state index contributed by atoms with van der Waals surface area (Å²) in [6, 6.07) is 20.3. The first-order chi connectivity index (χ1) is 13.7. The minimum Gasteiger partial charge on any atom is -0.365 e. The molecular formula is C21H16ClN5O. The highest BCUT2D eigenvalue weighted by atomic mass is 35.5. The van der Waals surface area contributed by atoms with E-state index in [1.54, 1.807) is 18.3 Å². The Morgan fingerprint density at radius 3 is 2.54 bits per heavy atom. The second kappa shape index (κ2) is 8.02. The first kappa shape index (κ1) is 17.9. The molecule has 7 heteroatoms. The number of carbonyl (C=O) groups is 1. The van der Waals surface area contributed by atoms with E-state index >= 15 is 0 Å². The highest BCUT2D eigenvalue weighted by Crippen LogP contribution is 2.21. The molecule has 0 atom stereocenters. The smallest absolute Gasteiger partial charge is 0.276 e. The summed E-state index contributed by atoms with van der Waals surface area (Å²) in [6.07, 6.45) is 1.69. The summed E-state index contributed by atoms with van der Waals surface area (Å²) in [4.78, 5) is 16.8. The molecule has 0 aliphatic rings. The Kier molecular flexibility index (Phi) is 5.12. The molecule has 0 saturated heterocycles. The Bertz CT molecular complexity index is 1110. The van der Waals surface area contributed by atoms with Crippen LogP contribution in [0, 0.1) is 0 Å². The number of aromatic nitrogens is 3. The third kappa shape index (κ3) is 4.07. The van der Waals surface area contributed by atoms with Crippen molar-refractivity contribution < 1.29 is 4.79 Å². The van der Waals surface area contributed by atoms with E-state index in [1.807, 2.05) is 54.6 Å². The first-order valence-corrected chi connectivity index (χ1v) is 9.04. The molecule has 0 aliphatic heterocycles. The van der Waals surface area contributed by atoms with Gasteiger partial charge in [-0.05, 0) is 42.0 Å². The van der Waals surface area contributed by atoms with Gasteiger partial charge in [0.25, 0.3) is 5.91 Å². The largest absolute Gasteiger partial charge is 0.365 e. The molecule has 2 aromatic carbocycles. The summed E-state index contributed by atoms with van der Waals surface area (Å²) in [5.74, 6) is 0.244. The Hall–Kier alpha value is -3.51. The zero-order valence-electron chi connectivity index (χ0n) is 14.8. The Morgan fingerprint density at radius 1 is 0.929 bits per heavy atom. The minimum atomic E-state index is -0.338. The number of pyridine rings is 1. The number of halogens is 1. The van der Waals surface area contributed by atoms with Crippen molar-refractivity contribution in [2.45, 2.75) is 6.54 Å². The van der Waals surface area contributed by atoms with Gasteiger partial charge in [0.2, 0.25) is 0 Å². The van der Waals surface area contributed by atoms with Crippen LogP contribution in [0.3, 0.4) is 0 Å². The van der Waals surface area contributed by atoms with E-state index in [-0.39, 0.29) is 11.6 Å². The molecule has 4 rings (SSSR count). The van der Waals surface area contributed by atoms with Crippen molar-refractivity contribution in [2.75, 3.05) is 10.6 Å². The number of fused-ring (bicyclic) bond motifs is 1. The lowest BCUT2D eigenvalue weighted by Gasteiger charge is -2.08. The van der Waals surface area contributed by atoms with Gasteiger partial charge < -0.3 is 10.6 Å². The van der Waals surface area contributed by atoms with Crippen molar-refractivity contribution >= 4 is 39.9 Å². The number of hydrogen-bond acceptors (Lipinski definition) is 5. The summed E-state index contributed by atoms with van der Waals surface area (Å²) in [5.41, 5.74) is 2.66. The molecule has 4 aromatic rings. The van der Waals surface area contributed by atoms with E-state index in [2.05, 4.69) is 25.8 Å². The zero-order chi connectivity index (χ0) is 19.3. The molecule has 138 valence electrons. The standard InChI is InChI=1S/C21H16ClN5O/c22-16-8-6-14(7-9-16)13-24-19-11-10-18(26-27-19)21(28)25-17-5-1-3-15-4-2-12-23-20(15)17/h1-12H,13H2,(H,24,27)(H,25,28). The average molecular weight is 390 g/mol. The molecule has 6 nitrogen and oxygen atoms in total. The molecule has 2 N–H and O–H groups in total. The van der Waals surface area contributed by atoms with Crippen LogP contribution >= 0.6 is 11.6 Å². The van der Waals surface area contributed by atoms with E-state index in [9.17, 15) is 4.79 Å². The van der Waals surface area contributed by atoms with E-state index in [4.69, 9.17) is 11.6 Å². The number of carbonyl (C=O) groups excluding carboxylic acids is 1. The Balaban J connectivity index is 1.43. The van der Waals surface area contributed by atoms with Gasteiger partial charge in [0.15, 0.2) is 5.69 Å². The predicted octanol–water partition coefficient (Wildman–Crippen LogP) is 4.54. The maximum atomic E-state index is 12.5. The highest BCUT2D eigenvalue weighted by molar-refractivity contribution is 6.30. The molecule has 0 radical (unpaired) electrons. The normalized spacial score (nSPS) is 10.6. The van der Waals surface area contributed by atoms with E-state index in [0.29, 0.717) is 23.1 Å². The number of hydrogen-bond donors (Lipinski definition) is 2. The second-order valence-corrected chi connectivity index (χ2v) is 6.56. The SMILES string of the molecule is O=C(Nc1cccc2cccnc12)c1ccc(NCc2ccc(Cl)cc2)nn1. The minimum absolute atomic E-state index is 0.227. The van der Waals surface area contributed by atoms with Crippen molar-refractivity contribution in [3.05, 3.63) is 89.2 Å². The second-order valence-electron chi connectivity index (χ2n) is 6.12. The van der Waals surface area contributed by atoms with Crippen LogP contribution in [0.25, 0.3) is 10.9 Å². The van der Waals surface area contributed by atoms with Gasteiger partial charge in [-0.1, -0.05) is 41.9 Å². The van der Waals surface area contributed by atoms with Gasteiger partial charge in [-0.25, -0.2) is 0 Å². The van der Waals surface area contributed by atoms with E-state index < -0.39 is 0 Å². The number of nitrogens with one attached hydrogen (secondary N) is 2. The molecule has 2 heterocycles. The van der Waals surface area contributed by atoms with Crippen LogP contribution in [0.4, 0.5) is 11.5 Å². The number of rotatable bonds is 5. The maximum Gasteiger partial charge on any atom is 0.276 e. The van der Waals surface area contributed by atoms with Crippen LogP contribution < -0.4 is 10.6 Å². The molecule has 0 fully saturated rings. The summed E-state index contributed by atoms with van der Waals surface area (Å²) in [7, 11) is 0. The monoisotopic (exact) mass is 389 g/mol. The molecule has 2 aromatic heterocycles. The fraction of sp³-hybridized carbons (Fsp3) is 0.0476. The van der Waals surface area contributed by atoms with Gasteiger partial charge in [-0.15, -0.1) is 10.2 Å². The summed E-state index contributed by atoms with van der Waals surface area (Å²) < 4.78 is 0. The van der Waals surface area contributed by atoms with Crippen molar-refractivity contribution in [1.82, 2.24) is 15.2 Å². The topological polar surface area (TPSA) is 79.8 Å². The van der Waals surface area contributed by atoms with Crippen LogP contribution in [0.1, 0.15) is 16.1 Å². The Morgan fingerprint density at radius 2 is 1.75 bits per heavy atom. The Labute approximate surface area is 166 Å². The number of anilines is 2. The molecular weight excluding hydrogens is 374 g/mol. The van der Waals surface area contributed by atoms with Gasteiger partial charge in [0.05, 0.1) is 11.2 Å². The first-order valence-electron chi connectivity index (χ1n) is 8.66. The molecule has 0 spiro atoms. The number of nitrogens with zero attached hydrogens (tertiary/aromatic N) is 3.